The lowest BCUT2D eigenvalue weighted by Crippen LogP contribution is -2.39. The molecular formula is C10H11F5O4S. The fourth-order valence-corrected chi connectivity index (χ4v) is 2.66. The summed E-state index contributed by atoms with van der Waals surface area (Å²) in [7, 11) is -9.91. The Labute approximate surface area is 110 Å². The first-order valence-corrected chi connectivity index (χ1v) is 7.06. The molecule has 0 saturated carbocycles. The van der Waals surface area contributed by atoms with Crippen molar-refractivity contribution in [1.29, 1.82) is 0 Å². The number of phenols is 1. The van der Waals surface area contributed by atoms with Gasteiger partial charge >= 0.3 is 16.2 Å². The number of hydrogen-bond acceptors (Lipinski definition) is 4. The third-order valence-corrected chi connectivity index (χ3v) is 3.87. The van der Waals surface area contributed by atoms with Crippen molar-refractivity contribution < 1.29 is 39.2 Å². The topological polar surface area (TPSA) is 66.8 Å². The molecule has 0 saturated heterocycles. The molecule has 1 aromatic carbocycles. The van der Waals surface area contributed by atoms with Crippen LogP contribution in [0.2, 0.25) is 0 Å². The van der Waals surface area contributed by atoms with E-state index in [1.165, 1.54) is 6.07 Å². The maximum Gasteiger partial charge on any atom is 0.331 e. The summed E-state index contributed by atoms with van der Waals surface area (Å²) in [5.41, 5.74) is -0.851. The van der Waals surface area contributed by atoms with Gasteiger partial charge < -0.3 is 14.9 Å². The van der Waals surface area contributed by atoms with Crippen LogP contribution >= 0.6 is 10.2 Å². The number of hydrogen-bond donors (Lipinski definition) is 2. The van der Waals surface area contributed by atoms with E-state index in [9.17, 15) is 34.4 Å². The Morgan fingerprint density at radius 3 is 2.10 bits per heavy atom. The van der Waals surface area contributed by atoms with E-state index in [1.54, 1.807) is 0 Å². The lowest BCUT2D eigenvalue weighted by atomic mass is 10.1. The normalized spacial score (nSPS) is 18.6. The predicted molar refractivity (Wildman–Crippen MR) is 62.0 cm³/mol. The molecule has 0 aliphatic rings. The van der Waals surface area contributed by atoms with Crippen molar-refractivity contribution in [2.24, 2.45) is 0 Å². The highest BCUT2D eigenvalue weighted by Gasteiger charge is 2.75. The Balaban J connectivity index is 3.43. The second-order valence-electron chi connectivity index (χ2n) is 3.98. The summed E-state index contributed by atoms with van der Waals surface area (Å²) in [5, 5.41) is 14.7. The van der Waals surface area contributed by atoms with Crippen molar-refractivity contribution >= 4 is 16.2 Å². The van der Waals surface area contributed by atoms with E-state index in [-0.39, 0.29) is 0 Å². The summed E-state index contributed by atoms with van der Waals surface area (Å²) in [4.78, 5) is 11.1. The summed E-state index contributed by atoms with van der Waals surface area (Å²) in [5.74, 6) is -3.18. The minimum Gasteiger partial charge on any atom is -0.508 e. The zero-order chi connectivity index (χ0) is 15.8. The molecule has 4 nitrogen and oxygen atoms in total. The lowest BCUT2D eigenvalue weighted by Gasteiger charge is -2.46. The number of carbonyl (C=O) groups is 1. The average molecular weight is 322 g/mol. The van der Waals surface area contributed by atoms with Gasteiger partial charge in [0.1, 0.15) is 11.9 Å². The van der Waals surface area contributed by atoms with E-state index in [0.717, 1.165) is 18.2 Å². The molecule has 0 radical (unpaired) electrons. The maximum absolute atomic E-state index is 12.8. The van der Waals surface area contributed by atoms with Crippen molar-refractivity contribution in [3.63, 3.8) is 0 Å². The predicted octanol–water partition coefficient (Wildman–Crippen LogP) is 3.27. The summed E-state index contributed by atoms with van der Waals surface area (Å²) >= 11 is 0. The molecule has 1 rings (SSSR count). The van der Waals surface area contributed by atoms with Crippen LogP contribution in [0, 0.1) is 0 Å². The standard InChI is InChI=1S/C10H11F5O4S/c1-19-10(18)9(20(11,12,13,14)15)8(17)6-4-2-3-5-7(6)16/h2-5,8-9,16-17H,1H3/t8-,9+/m0/s1. The van der Waals surface area contributed by atoms with Crippen LogP contribution in [0.25, 0.3) is 0 Å². The van der Waals surface area contributed by atoms with Gasteiger partial charge in [-0.25, -0.2) is 0 Å². The molecule has 1 aromatic rings. The molecule has 2 N–H and O–H groups in total. The SMILES string of the molecule is COC(=O)[C@@H]([C@@H](O)c1ccccc1O)S(F)(F)(F)(F)F. The fraction of sp³-hybridized carbons (Fsp3) is 0.300. The van der Waals surface area contributed by atoms with Crippen LogP contribution in [0.4, 0.5) is 19.4 Å². The fourth-order valence-electron chi connectivity index (χ4n) is 1.57. The van der Waals surface area contributed by atoms with E-state index in [1.807, 2.05) is 0 Å². The quantitative estimate of drug-likeness (QED) is 0.659. The van der Waals surface area contributed by atoms with Gasteiger partial charge in [-0.05, 0) is 6.07 Å². The van der Waals surface area contributed by atoms with Gasteiger partial charge in [-0.1, -0.05) is 37.6 Å². The molecule has 2 atom stereocenters. The lowest BCUT2D eigenvalue weighted by molar-refractivity contribution is -0.143. The number of para-hydroxylation sites is 1. The Morgan fingerprint density at radius 1 is 1.20 bits per heavy atom. The molecule has 0 aliphatic carbocycles. The van der Waals surface area contributed by atoms with Crippen molar-refractivity contribution in [3.8, 4) is 5.75 Å². The van der Waals surface area contributed by atoms with Crippen LogP contribution in [0.1, 0.15) is 11.7 Å². The number of phenolic OH excluding ortho intramolecular Hbond substituents is 1. The van der Waals surface area contributed by atoms with E-state index in [4.69, 9.17) is 0 Å². The number of benzene rings is 1. The second kappa shape index (κ2) is 4.22. The number of esters is 1. The number of aliphatic hydroxyl groups is 1. The molecule has 0 aromatic heterocycles. The van der Waals surface area contributed by atoms with E-state index in [0.29, 0.717) is 7.11 Å². The van der Waals surface area contributed by atoms with Gasteiger partial charge in [0.2, 0.25) is 5.25 Å². The second-order valence-corrected chi connectivity index (χ2v) is 6.54. The molecule has 0 unspecified atom stereocenters. The van der Waals surface area contributed by atoms with Gasteiger partial charge in [-0.2, -0.15) is 0 Å². The number of carbonyl (C=O) groups excluding carboxylic acids is 1. The van der Waals surface area contributed by atoms with Gasteiger partial charge in [-0.3, -0.25) is 4.79 Å². The summed E-state index contributed by atoms with van der Waals surface area (Å²) in [6.45, 7) is 0. The number of aromatic hydroxyl groups is 1. The first-order chi connectivity index (χ1) is 8.77. The highest BCUT2D eigenvalue weighted by atomic mass is 32.5. The molecule has 116 valence electrons. The first kappa shape index (κ1) is 16.5. The van der Waals surface area contributed by atoms with Crippen molar-refractivity contribution in [2.45, 2.75) is 11.4 Å². The first-order valence-electron chi connectivity index (χ1n) is 5.04. The highest BCUT2D eigenvalue weighted by molar-refractivity contribution is 8.46. The van der Waals surface area contributed by atoms with E-state index in [2.05, 4.69) is 4.74 Å². The molecule has 0 spiro atoms. The van der Waals surface area contributed by atoms with E-state index < -0.39 is 38.9 Å². The Bertz CT molecular complexity index is 530. The molecule has 0 amide bonds. The molecule has 0 fully saturated rings. The van der Waals surface area contributed by atoms with Crippen LogP contribution in [0.3, 0.4) is 0 Å². The zero-order valence-corrected chi connectivity index (χ0v) is 10.8. The molecular weight excluding hydrogens is 311 g/mol. The Morgan fingerprint density at radius 2 is 1.70 bits per heavy atom. The van der Waals surface area contributed by atoms with Gasteiger partial charge in [0.25, 0.3) is 0 Å². The van der Waals surface area contributed by atoms with Crippen molar-refractivity contribution in [1.82, 2.24) is 0 Å². The smallest absolute Gasteiger partial charge is 0.331 e. The summed E-state index contributed by atoms with van der Waals surface area (Å²) < 4.78 is 67.9. The monoisotopic (exact) mass is 322 g/mol. The number of rotatable bonds is 4. The largest absolute Gasteiger partial charge is 0.508 e. The van der Waals surface area contributed by atoms with Crippen LogP contribution in [0.5, 0.6) is 5.75 Å². The van der Waals surface area contributed by atoms with Crippen LogP contribution in [0.15, 0.2) is 24.3 Å². The molecule has 20 heavy (non-hydrogen) atoms. The van der Waals surface area contributed by atoms with Crippen LogP contribution in [-0.4, -0.2) is 28.5 Å². The highest BCUT2D eigenvalue weighted by Crippen LogP contribution is 3.01. The minimum atomic E-state index is -10.4. The zero-order valence-electron chi connectivity index (χ0n) is 9.97. The van der Waals surface area contributed by atoms with Gasteiger partial charge in [0.15, 0.2) is 0 Å². The molecule has 0 aliphatic heterocycles. The average Bonchev–Trinajstić information content (AvgIpc) is 2.25. The maximum atomic E-state index is 12.8. The number of aliphatic hydroxyl groups excluding tert-OH is 1. The van der Waals surface area contributed by atoms with Crippen molar-refractivity contribution in [3.05, 3.63) is 29.8 Å². The number of methoxy groups -OCH3 is 1. The molecule has 0 heterocycles. The summed E-state index contributed by atoms with van der Waals surface area (Å²) in [6, 6.07) is 3.99. The number of halogens is 5. The Kier molecular flexibility index (Phi) is 3.48. The Hall–Kier alpha value is -1.55. The third-order valence-electron chi connectivity index (χ3n) is 2.46. The van der Waals surface area contributed by atoms with Gasteiger partial charge in [0, 0.05) is 5.56 Å². The third kappa shape index (κ3) is 3.51. The van der Waals surface area contributed by atoms with Gasteiger partial charge in [0.05, 0.1) is 7.11 Å². The number of ether oxygens (including phenoxy) is 1. The summed E-state index contributed by atoms with van der Waals surface area (Å²) in [6.07, 6.45) is -2.99. The molecule has 0 bridgehead atoms. The van der Waals surface area contributed by atoms with Gasteiger partial charge in [-0.15, -0.1) is 0 Å². The molecule has 10 heteroatoms. The van der Waals surface area contributed by atoms with E-state index >= 15 is 0 Å². The van der Waals surface area contributed by atoms with Crippen LogP contribution < -0.4 is 0 Å². The van der Waals surface area contributed by atoms with Crippen LogP contribution in [-0.2, 0) is 9.53 Å². The minimum absolute atomic E-state index is 0.483. The van der Waals surface area contributed by atoms with Crippen molar-refractivity contribution in [2.75, 3.05) is 7.11 Å².